The second-order valence-electron chi connectivity index (χ2n) is 8.03. The van der Waals surface area contributed by atoms with Gasteiger partial charge in [-0.1, -0.05) is 6.92 Å². The highest BCUT2D eigenvalue weighted by atomic mass is 16.4. The van der Waals surface area contributed by atoms with Crippen LogP contribution in [0.2, 0.25) is 0 Å². The highest BCUT2D eigenvalue weighted by Gasteiger charge is 2.20. The molecule has 1 fully saturated rings. The zero-order chi connectivity index (χ0) is 22.2. The minimum atomic E-state index is 0.297. The topological polar surface area (TPSA) is 131 Å². The number of hydrogen-bond acceptors (Lipinski definition) is 10. The molecule has 0 saturated carbocycles. The Morgan fingerprint density at radius 2 is 1.94 bits per heavy atom. The van der Waals surface area contributed by atoms with E-state index >= 15 is 0 Å². The van der Waals surface area contributed by atoms with Crippen molar-refractivity contribution in [3.63, 3.8) is 0 Å². The number of anilines is 2. The number of piperidine rings is 1. The molecule has 0 spiro atoms. The van der Waals surface area contributed by atoms with Gasteiger partial charge < -0.3 is 20.8 Å². The Hall–Kier alpha value is -3.11. The van der Waals surface area contributed by atoms with Crippen molar-refractivity contribution in [3.8, 4) is 11.5 Å². The first kappa shape index (κ1) is 22.1. The van der Waals surface area contributed by atoms with Gasteiger partial charge >= 0.3 is 0 Å². The first-order valence-electron chi connectivity index (χ1n) is 11.3. The average molecular weight is 438 g/mol. The zero-order valence-electron chi connectivity index (χ0n) is 18.5. The fraction of sp³-hybridized carbons (Fsp3) is 0.500. The van der Waals surface area contributed by atoms with Gasteiger partial charge in [0.05, 0.1) is 12.1 Å². The molecule has 1 saturated heterocycles. The van der Waals surface area contributed by atoms with Crippen molar-refractivity contribution in [1.29, 1.82) is 0 Å². The van der Waals surface area contributed by atoms with Crippen molar-refractivity contribution in [2.24, 2.45) is 5.73 Å². The summed E-state index contributed by atoms with van der Waals surface area (Å²) in [5.41, 5.74) is 7.91. The second-order valence-corrected chi connectivity index (χ2v) is 8.03. The fourth-order valence-electron chi connectivity index (χ4n) is 3.60. The number of rotatable bonds is 10. The standard InChI is InChI=1S/C22H31N9O/c1-2-8-25-20-18(14-27-22(28-20)26-11-5-16-3-9-24-10-4-16)21-30-29-19(32-21)15-31-12-6-17(23)7-13-31/h3-4,9-10,14,17H,2,5-8,11-13,15,23H2,1H3,(H2,25,26,27,28). The van der Waals surface area contributed by atoms with E-state index in [4.69, 9.17) is 10.2 Å². The van der Waals surface area contributed by atoms with Crippen LogP contribution >= 0.6 is 0 Å². The van der Waals surface area contributed by atoms with E-state index in [0.717, 1.165) is 51.9 Å². The summed E-state index contributed by atoms with van der Waals surface area (Å²) in [6.07, 6.45) is 9.15. The molecule has 4 N–H and O–H groups in total. The minimum Gasteiger partial charge on any atom is -0.419 e. The Bertz CT molecular complexity index is 971. The molecule has 0 aromatic carbocycles. The van der Waals surface area contributed by atoms with Gasteiger partial charge in [-0.3, -0.25) is 9.88 Å². The van der Waals surface area contributed by atoms with Gasteiger partial charge in [0.2, 0.25) is 11.8 Å². The molecule has 0 amide bonds. The molecule has 32 heavy (non-hydrogen) atoms. The Morgan fingerprint density at radius 1 is 1.12 bits per heavy atom. The van der Waals surface area contributed by atoms with Gasteiger partial charge in [0, 0.05) is 50.8 Å². The quantitative estimate of drug-likeness (QED) is 0.434. The summed E-state index contributed by atoms with van der Waals surface area (Å²) in [4.78, 5) is 15.5. The lowest BCUT2D eigenvalue weighted by Crippen LogP contribution is -2.39. The molecule has 170 valence electrons. The van der Waals surface area contributed by atoms with E-state index in [1.807, 2.05) is 12.1 Å². The first-order chi connectivity index (χ1) is 15.7. The summed E-state index contributed by atoms with van der Waals surface area (Å²) in [6.45, 7) is 6.15. The van der Waals surface area contributed by atoms with Gasteiger partial charge in [-0.15, -0.1) is 10.2 Å². The predicted molar refractivity (Wildman–Crippen MR) is 123 cm³/mol. The first-order valence-corrected chi connectivity index (χ1v) is 11.3. The summed E-state index contributed by atoms with van der Waals surface area (Å²) in [7, 11) is 0. The molecule has 1 aliphatic heterocycles. The van der Waals surface area contributed by atoms with Crippen molar-refractivity contribution in [1.82, 2.24) is 30.0 Å². The molecular formula is C22H31N9O. The third-order valence-corrected chi connectivity index (χ3v) is 5.47. The Morgan fingerprint density at radius 3 is 2.72 bits per heavy atom. The number of nitrogens with one attached hydrogen (secondary N) is 2. The third kappa shape index (κ3) is 5.98. The molecule has 10 heteroatoms. The van der Waals surface area contributed by atoms with Crippen molar-refractivity contribution < 1.29 is 4.42 Å². The van der Waals surface area contributed by atoms with E-state index < -0.39 is 0 Å². The SMILES string of the molecule is CCCNc1nc(NCCc2ccncc2)ncc1-c1nnc(CN2CCC(N)CC2)o1. The van der Waals surface area contributed by atoms with Crippen LogP contribution in [0, 0.1) is 0 Å². The molecule has 0 aliphatic carbocycles. The van der Waals surface area contributed by atoms with E-state index in [1.165, 1.54) is 5.56 Å². The summed E-state index contributed by atoms with van der Waals surface area (Å²) in [5.74, 6) is 2.27. The summed E-state index contributed by atoms with van der Waals surface area (Å²) in [6, 6.07) is 4.31. The van der Waals surface area contributed by atoms with E-state index in [1.54, 1.807) is 18.6 Å². The van der Waals surface area contributed by atoms with Crippen LogP contribution in [-0.2, 0) is 13.0 Å². The summed E-state index contributed by atoms with van der Waals surface area (Å²) in [5, 5.41) is 15.1. The molecule has 4 rings (SSSR count). The minimum absolute atomic E-state index is 0.297. The summed E-state index contributed by atoms with van der Waals surface area (Å²) < 4.78 is 5.96. The highest BCUT2D eigenvalue weighted by molar-refractivity contribution is 5.69. The lowest BCUT2D eigenvalue weighted by atomic mass is 10.1. The maximum Gasteiger partial charge on any atom is 0.253 e. The molecule has 3 aromatic heterocycles. The van der Waals surface area contributed by atoms with Gasteiger partial charge in [0.1, 0.15) is 5.82 Å². The summed E-state index contributed by atoms with van der Waals surface area (Å²) >= 11 is 0. The molecule has 3 aromatic rings. The molecule has 1 aliphatic rings. The molecule has 4 heterocycles. The van der Waals surface area contributed by atoms with Gasteiger partial charge in [-0.25, -0.2) is 4.98 Å². The largest absolute Gasteiger partial charge is 0.419 e. The van der Waals surface area contributed by atoms with Crippen LogP contribution in [-0.4, -0.2) is 62.3 Å². The zero-order valence-corrected chi connectivity index (χ0v) is 18.5. The van der Waals surface area contributed by atoms with E-state index in [0.29, 0.717) is 41.7 Å². The lowest BCUT2D eigenvalue weighted by Gasteiger charge is -2.28. The molecule has 0 unspecified atom stereocenters. The van der Waals surface area contributed by atoms with Crippen LogP contribution in [0.25, 0.3) is 11.5 Å². The fourth-order valence-corrected chi connectivity index (χ4v) is 3.60. The van der Waals surface area contributed by atoms with Gasteiger partial charge in [0.15, 0.2) is 0 Å². The van der Waals surface area contributed by atoms with Crippen molar-refractivity contribution in [3.05, 3.63) is 42.2 Å². The van der Waals surface area contributed by atoms with Crippen LogP contribution < -0.4 is 16.4 Å². The van der Waals surface area contributed by atoms with Crippen LogP contribution in [0.3, 0.4) is 0 Å². The maximum absolute atomic E-state index is 5.99. The maximum atomic E-state index is 5.99. The van der Waals surface area contributed by atoms with E-state index in [-0.39, 0.29) is 0 Å². The number of nitrogens with two attached hydrogens (primary N) is 1. The second kappa shape index (κ2) is 11.0. The number of nitrogens with zero attached hydrogens (tertiary/aromatic N) is 6. The molecule has 0 radical (unpaired) electrons. The molecule has 10 nitrogen and oxygen atoms in total. The van der Waals surface area contributed by atoms with Crippen LogP contribution in [0.4, 0.5) is 11.8 Å². The Balaban J connectivity index is 1.42. The van der Waals surface area contributed by atoms with Gasteiger partial charge in [0.25, 0.3) is 5.89 Å². The predicted octanol–water partition coefficient (Wildman–Crippen LogP) is 2.32. The van der Waals surface area contributed by atoms with E-state index in [2.05, 4.69) is 47.6 Å². The third-order valence-electron chi connectivity index (χ3n) is 5.47. The number of hydrogen-bond donors (Lipinski definition) is 3. The molecular weight excluding hydrogens is 406 g/mol. The Kier molecular flexibility index (Phi) is 7.57. The normalized spacial score (nSPS) is 15.1. The highest BCUT2D eigenvalue weighted by Crippen LogP contribution is 2.26. The van der Waals surface area contributed by atoms with Crippen LogP contribution in [0.5, 0.6) is 0 Å². The monoisotopic (exact) mass is 437 g/mol. The number of likely N-dealkylation sites (tertiary alicyclic amines) is 1. The van der Waals surface area contributed by atoms with Gasteiger partial charge in [-0.2, -0.15) is 4.98 Å². The average Bonchev–Trinajstić information content (AvgIpc) is 3.28. The van der Waals surface area contributed by atoms with Crippen molar-refractivity contribution >= 4 is 11.8 Å². The van der Waals surface area contributed by atoms with Crippen LogP contribution in [0.1, 0.15) is 37.6 Å². The van der Waals surface area contributed by atoms with Crippen molar-refractivity contribution in [2.45, 2.75) is 45.2 Å². The lowest BCUT2D eigenvalue weighted by molar-refractivity contribution is 0.189. The number of pyridine rings is 1. The van der Waals surface area contributed by atoms with Crippen LogP contribution in [0.15, 0.2) is 35.1 Å². The van der Waals surface area contributed by atoms with E-state index in [9.17, 15) is 0 Å². The molecule has 0 bridgehead atoms. The molecule has 0 atom stereocenters. The smallest absolute Gasteiger partial charge is 0.253 e. The van der Waals surface area contributed by atoms with Gasteiger partial charge in [-0.05, 0) is 43.4 Å². The van der Waals surface area contributed by atoms with Crippen molar-refractivity contribution in [2.75, 3.05) is 36.8 Å². The number of aromatic nitrogens is 5. The Labute approximate surface area is 188 Å².